The SMILES string of the molecule is Cc1ccc(-c2noc(COC(=O)/C=C/c3ccc(OCC#N)cc3)n2)cc1. The van der Waals surface area contributed by atoms with Crippen LogP contribution in [-0.2, 0) is 16.1 Å². The van der Waals surface area contributed by atoms with Crippen LogP contribution in [-0.4, -0.2) is 22.7 Å². The first-order valence-corrected chi connectivity index (χ1v) is 8.48. The van der Waals surface area contributed by atoms with Gasteiger partial charge in [-0.1, -0.05) is 47.1 Å². The van der Waals surface area contributed by atoms with Gasteiger partial charge in [-0.2, -0.15) is 10.2 Å². The van der Waals surface area contributed by atoms with E-state index in [2.05, 4.69) is 10.1 Å². The Kier molecular flexibility index (Phi) is 6.16. The number of nitriles is 1. The van der Waals surface area contributed by atoms with E-state index >= 15 is 0 Å². The molecule has 0 N–H and O–H groups in total. The molecule has 7 nitrogen and oxygen atoms in total. The van der Waals surface area contributed by atoms with Gasteiger partial charge in [0.25, 0.3) is 5.89 Å². The Bertz CT molecular complexity index is 999. The molecule has 0 saturated carbocycles. The Labute approximate surface area is 161 Å². The predicted molar refractivity (Wildman–Crippen MR) is 101 cm³/mol. The van der Waals surface area contributed by atoms with Gasteiger partial charge in [-0.3, -0.25) is 0 Å². The van der Waals surface area contributed by atoms with Gasteiger partial charge < -0.3 is 14.0 Å². The van der Waals surface area contributed by atoms with Crippen LogP contribution in [0.15, 0.2) is 59.1 Å². The molecular weight excluding hydrogens is 358 g/mol. The number of rotatable bonds is 7. The van der Waals surface area contributed by atoms with Crippen molar-refractivity contribution in [3.8, 4) is 23.2 Å². The highest BCUT2D eigenvalue weighted by atomic mass is 16.6. The molecule has 0 atom stereocenters. The van der Waals surface area contributed by atoms with Crippen LogP contribution in [0.25, 0.3) is 17.5 Å². The smallest absolute Gasteiger partial charge is 0.331 e. The number of aromatic nitrogens is 2. The molecule has 28 heavy (non-hydrogen) atoms. The molecule has 0 bridgehead atoms. The molecule has 3 rings (SSSR count). The van der Waals surface area contributed by atoms with E-state index in [1.165, 1.54) is 6.08 Å². The van der Waals surface area contributed by atoms with Crippen molar-refractivity contribution in [3.05, 3.63) is 71.6 Å². The molecule has 0 unspecified atom stereocenters. The van der Waals surface area contributed by atoms with Gasteiger partial charge >= 0.3 is 5.97 Å². The second-order valence-electron chi connectivity index (χ2n) is 5.83. The fraction of sp³-hybridized carbons (Fsp3) is 0.143. The van der Waals surface area contributed by atoms with E-state index in [0.717, 1.165) is 16.7 Å². The van der Waals surface area contributed by atoms with E-state index in [9.17, 15) is 4.79 Å². The number of ether oxygens (including phenoxy) is 2. The minimum Gasteiger partial charge on any atom is -0.479 e. The molecule has 1 aromatic heterocycles. The average molecular weight is 375 g/mol. The Morgan fingerprint density at radius 3 is 2.64 bits per heavy atom. The number of hydrogen-bond donors (Lipinski definition) is 0. The topological polar surface area (TPSA) is 98.2 Å². The third kappa shape index (κ3) is 5.29. The lowest BCUT2D eigenvalue weighted by molar-refractivity contribution is -0.139. The van der Waals surface area contributed by atoms with Crippen LogP contribution in [0.3, 0.4) is 0 Å². The number of hydrogen-bond acceptors (Lipinski definition) is 7. The van der Waals surface area contributed by atoms with Crippen molar-refractivity contribution < 1.29 is 18.8 Å². The highest BCUT2D eigenvalue weighted by Crippen LogP contribution is 2.17. The number of nitrogens with zero attached hydrogens (tertiary/aromatic N) is 3. The first-order valence-electron chi connectivity index (χ1n) is 8.48. The average Bonchev–Trinajstić information content (AvgIpc) is 3.19. The molecule has 7 heteroatoms. The van der Waals surface area contributed by atoms with Crippen LogP contribution in [0.4, 0.5) is 0 Å². The van der Waals surface area contributed by atoms with Gasteiger partial charge in [-0.05, 0) is 30.7 Å². The lowest BCUT2D eigenvalue weighted by atomic mass is 10.1. The summed E-state index contributed by atoms with van der Waals surface area (Å²) in [5.41, 5.74) is 2.76. The molecule has 0 aliphatic heterocycles. The lowest BCUT2D eigenvalue weighted by Crippen LogP contribution is -2.01. The van der Waals surface area contributed by atoms with Crippen molar-refractivity contribution in [1.82, 2.24) is 10.1 Å². The monoisotopic (exact) mass is 375 g/mol. The molecule has 0 fully saturated rings. The second kappa shape index (κ2) is 9.14. The van der Waals surface area contributed by atoms with E-state index in [4.69, 9.17) is 19.3 Å². The normalized spacial score (nSPS) is 10.6. The van der Waals surface area contributed by atoms with E-state index in [0.29, 0.717) is 11.6 Å². The summed E-state index contributed by atoms with van der Waals surface area (Å²) in [6.07, 6.45) is 2.92. The van der Waals surface area contributed by atoms with Crippen molar-refractivity contribution in [2.45, 2.75) is 13.5 Å². The number of carbonyl (C=O) groups excluding carboxylic acids is 1. The molecule has 0 radical (unpaired) electrons. The fourth-order valence-corrected chi connectivity index (χ4v) is 2.27. The van der Waals surface area contributed by atoms with Crippen molar-refractivity contribution in [2.24, 2.45) is 0 Å². The van der Waals surface area contributed by atoms with Crippen LogP contribution in [0.5, 0.6) is 5.75 Å². The number of esters is 1. The molecule has 0 spiro atoms. The Hall–Kier alpha value is -3.92. The lowest BCUT2D eigenvalue weighted by Gasteiger charge is -2.01. The highest BCUT2D eigenvalue weighted by Gasteiger charge is 2.10. The predicted octanol–water partition coefficient (Wildman–Crippen LogP) is 3.70. The van der Waals surface area contributed by atoms with Gasteiger partial charge in [-0.15, -0.1) is 0 Å². The second-order valence-corrected chi connectivity index (χ2v) is 5.83. The molecule has 0 amide bonds. The van der Waals surface area contributed by atoms with Gasteiger partial charge in [0.05, 0.1) is 0 Å². The molecule has 3 aromatic rings. The standard InChI is InChI=1S/C21H17N3O4/c1-15-2-7-17(8-3-15)21-23-19(28-24-21)14-27-20(25)11-6-16-4-9-18(10-5-16)26-13-12-22/h2-11H,13-14H2,1H3/b11-6+. The van der Waals surface area contributed by atoms with Crippen LogP contribution in [0.2, 0.25) is 0 Å². The minimum absolute atomic E-state index is 0.0111. The van der Waals surface area contributed by atoms with E-state index in [1.54, 1.807) is 30.3 Å². The van der Waals surface area contributed by atoms with E-state index in [-0.39, 0.29) is 19.1 Å². The van der Waals surface area contributed by atoms with Crippen molar-refractivity contribution in [2.75, 3.05) is 6.61 Å². The van der Waals surface area contributed by atoms with Gasteiger partial charge in [0.2, 0.25) is 5.82 Å². The minimum atomic E-state index is -0.528. The van der Waals surface area contributed by atoms with E-state index in [1.807, 2.05) is 37.3 Å². The Morgan fingerprint density at radius 2 is 1.93 bits per heavy atom. The summed E-state index contributed by atoms with van der Waals surface area (Å²) in [4.78, 5) is 16.1. The Balaban J connectivity index is 1.51. The molecular formula is C21H17N3O4. The van der Waals surface area contributed by atoms with Crippen LogP contribution >= 0.6 is 0 Å². The molecule has 0 aliphatic rings. The zero-order chi connectivity index (χ0) is 19.8. The highest BCUT2D eigenvalue weighted by molar-refractivity contribution is 5.87. The third-order valence-corrected chi connectivity index (χ3v) is 3.71. The maximum atomic E-state index is 11.9. The zero-order valence-corrected chi connectivity index (χ0v) is 15.2. The number of benzene rings is 2. The number of aryl methyl sites for hydroxylation is 1. The summed E-state index contributed by atoms with van der Waals surface area (Å²) in [5.74, 6) is 0.721. The molecule has 1 heterocycles. The van der Waals surface area contributed by atoms with E-state index < -0.39 is 5.97 Å². The van der Waals surface area contributed by atoms with Crippen LogP contribution < -0.4 is 4.74 Å². The van der Waals surface area contributed by atoms with Gasteiger partial charge in [-0.25, -0.2) is 4.79 Å². The van der Waals surface area contributed by atoms with Crippen molar-refractivity contribution >= 4 is 12.0 Å². The van der Waals surface area contributed by atoms with Crippen LogP contribution in [0.1, 0.15) is 17.0 Å². The molecule has 0 aliphatic carbocycles. The summed E-state index contributed by atoms with van der Waals surface area (Å²) in [7, 11) is 0. The van der Waals surface area contributed by atoms with Crippen molar-refractivity contribution in [1.29, 1.82) is 5.26 Å². The quantitative estimate of drug-likeness (QED) is 0.458. The first kappa shape index (κ1) is 18.9. The zero-order valence-electron chi connectivity index (χ0n) is 15.2. The fourth-order valence-electron chi connectivity index (χ4n) is 2.27. The van der Waals surface area contributed by atoms with Crippen LogP contribution in [0, 0.1) is 18.3 Å². The Morgan fingerprint density at radius 1 is 1.18 bits per heavy atom. The summed E-state index contributed by atoms with van der Waals surface area (Å²) in [5, 5.41) is 12.4. The number of carbonyl (C=O) groups is 1. The summed E-state index contributed by atoms with van der Waals surface area (Å²) < 4.78 is 15.4. The maximum absolute atomic E-state index is 11.9. The first-order chi connectivity index (χ1) is 13.6. The molecule has 0 saturated heterocycles. The van der Waals surface area contributed by atoms with Crippen molar-refractivity contribution in [3.63, 3.8) is 0 Å². The molecule has 140 valence electrons. The summed E-state index contributed by atoms with van der Waals surface area (Å²) in [6.45, 7) is 1.88. The van der Waals surface area contributed by atoms with Gasteiger partial charge in [0.1, 0.15) is 11.8 Å². The largest absolute Gasteiger partial charge is 0.479 e. The van der Waals surface area contributed by atoms with Gasteiger partial charge in [0.15, 0.2) is 13.2 Å². The summed E-state index contributed by atoms with van der Waals surface area (Å²) in [6, 6.07) is 16.6. The molecule has 2 aromatic carbocycles. The third-order valence-electron chi connectivity index (χ3n) is 3.71. The summed E-state index contributed by atoms with van der Waals surface area (Å²) >= 11 is 0. The maximum Gasteiger partial charge on any atom is 0.331 e. The van der Waals surface area contributed by atoms with Gasteiger partial charge in [0, 0.05) is 11.6 Å².